The number of carbonyl (C=O) groups is 2. The molecule has 2 N–H and O–H groups in total. The molecule has 2 atom stereocenters. The number of rotatable bonds is 3. The summed E-state index contributed by atoms with van der Waals surface area (Å²) in [4.78, 5) is 21.8. The molecule has 0 radical (unpaired) electrons. The van der Waals surface area contributed by atoms with E-state index in [1.807, 2.05) is 0 Å². The molecular formula is C9H9FO6S. The monoisotopic (exact) mass is 264 g/mol. The van der Waals surface area contributed by atoms with Gasteiger partial charge < -0.3 is 10.2 Å². The molecule has 1 aliphatic rings. The number of carboxylic acid groups (broad SMARTS) is 2. The van der Waals surface area contributed by atoms with Crippen LogP contribution in [0.15, 0.2) is 23.8 Å². The van der Waals surface area contributed by atoms with E-state index in [0.29, 0.717) is 0 Å². The highest BCUT2D eigenvalue weighted by atomic mass is 32.3. The predicted octanol–water partition coefficient (Wildman–Crippen LogP) is 0.326. The van der Waals surface area contributed by atoms with E-state index in [1.165, 1.54) is 0 Å². The number of hydrogen-bond acceptors (Lipinski definition) is 4. The van der Waals surface area contributed by atoms with Crippen molar-refractivity contribution in [1.82, 2.24) is 0 Å². The van der Waals surface area contributed by atoms with Crippen LogP contribution in [0.2, 0.25) is 0 Å². The molecule has 1 rings (SSSR count). The minimum absolute atomic E-state index is 0.806. The SMILES string of the molecule is CC1(C(=O)O)C=CC=C(C(=O)O)C1S(=O)(=O)F. The first-order valence-corrected chi connectivity index (χ1v) is 5.85. The molecule has 0 aromatic carbocycles. The number of carboxylic acids is 2. The fraction of sp³-hybridized carbons (Fsp3) is 0.333. The van der Waals surface area contributed by atoms with E-state index in [4.69, 9.17) is 10.2 Å². The van der Waals surface area contributed by atoms with Crippen LogP contribution in [0.25, 0.3) is 0 Å². The van der Waals surface area contributed by atoms with Crippen molar-refractivity contribution in [3.63, 3.8) is 0 Å². The Kier molecular flexibility index (Phi) is 3.11. The van der Waals surface area contributed by atoms with Crippen LogP contribution >= 0.6 is 0 Å². The average molecular weight is 264 g/mol. The molecule has 94 valence electrons. The maximum atomic E-state index is 13.1. The zero-order valence-corrected chi connectivity index (χ0v) is 9.44. The van der Waals surface area contributed by atoms with Gasteiger partial charge in [-0.1, -0.05) is 18.2 Å². The van der Waals surface area contributed by atoms with Crippen LogP contribution in [0, 0.1) is 5.41 Å². The molecule has 0 spiro atoms. The Morgan fingerprint density at radius 1 is 1.41 bits per heavy atom. The van der Waals surface area contributed by atoms with Gasteiger partial charge in [0.25, 0.3) is 0 Å². The molecule has 2 unspecified atom stereocenters. The number of halogens is 1. The molecule has 0 aromatic heterocycles. The third-order valence-corrected chi connectivity index (χ3v) is 3.84. The highest BCUT2D eigenvalue weighted by Gasteiger charge is 2.52. The maximum absolute atomic E-state index is 13.1. The molecule has 17 heavy (non-hydrogen) atoms. The second-order valence-corrected chi connectivity index (χ2v) is 5.15. The topological polar surface area (TPSA) is 109 Å². The number of hydrogen-bond donors (Lipinski definition) is 2. The molecule has 0 bridgehead atoms. The Bertz CT molecular complexity index is 532. The van der Waals surface area contributed by atoms with E-state index in [9.17, 15) is 21.9 Å². The first-order valence-electron chi connectivity index (χ1n) is 4.40. The van der Waals surface area contributed by atoms with Crippen LogP contribution in [0.4, 0.5) is 3.89 Å². The van der Waals surface area contributed by atoms with Gasteiger partial charge in [0.05, 0.1) is 5.57 Å². The lowest BCUT2D eigenvalue weighted by Gasteiger charge is -2.30. The van der Waals surface area contributed by atoms with Crippen LogP contribution < -0.4 is 0 Å². The quantitative estimate of drug-likeness (QED) is 0.711. The fourth-order valence-electron chi connectivity index (χ4n) is 1.66. The Morgan fingerprint density at radius 3 is 2.29 bits per heavy atom. The molecule has 6 nitrogen and oxygen atoms in total. The molecule has 0 aromatic rings. The van der Waals surface area contributed by atoms with E-state index in [1.54, 1.807) is 0 Å². The van der Waals surface area contributed by atoms with Crippen molar-refractivity contribution < 1.29 is 32.1 Å². The van der Waals surface area contributed by atoms with Crippen LogP contribution in [-0.2, 0) is 19.8 Å². The van der Waals surface area contributed by atoms with E-state index >= 15 is 0 Å². The summed E-state index contributed by atoms with van der Waals surface area (Å²) in [6.07, 6.45) is 2.90. The molecule has 0 aliphatic heterocycles. The zero-order valence-electron chi connectivity index (χ0n) is 8.62. The van der Waals surface area contributed by atoms with E-state index in [0.717, 1.165) is 25.2 Å². The van der Waals surface area contributed by atoms with Gasteiger partial charge in [0.1, 0.15) is 10.7 Å². The number of aliphatic carboxylic acids is 2. The summed E-state index contributed by atoms with van der Waals surface area (Å²) in [5.41, 5.74) is -2.95. The normalized spacial score (nSPS) is 28.6. The highest BCUT2D eigenvalue weighted by Crippen LogP contribution is 2.37. The van der Waals surface area contributed by atoms with Crippen LogP contribution in [-0.4, -0.2) is 35.8 Å². The summed E-state index contributed by atoms with van der Waals surface area (Å²) in [6.45, 7) is 0.948. The molecular weight excluding hydrogens is 255 g/mol. The Hall–Kier alpha value is -1.70. The van der Waals surface area contributed by atoms with E-state index < -0.39 is 38.4 Å². The Labute approximate surface area is 96.3 Å². The van der Waals surface area contributed by atoms with Crippen molar-refractivity contribution in [1.29, 1.82) is 0 Å². The first kappa shape index (κ1) is 13.4. The molecule has 0 fully saturated rings. The van der Waals surface area contributed by atoms with Crippen molar-refractivity contribution in [3.8, 4) is 0 Å². The van der Waals surface area contributed by atoms with Crippen molar-refractivity contribution in [2.45, 2.75) is 12.2 Å². The van der Waals surface area contributed by atoms with Crippen LogP contribution in [0.1, 0.15) is 6.92 Å². The molecule has 0 saturated carbocycles. The van der Waals surface area contributed by atoms with Gasteiger partial charge in [0.2, 0.25) is 0 Å². The van der Waals surface area contributed by atoms with Gasteiger partial charge >= 0.3 is 22.2 Å². The molecule has 8 heteroatoms. The van der Waals surface area contributed by atoms with Gasteiger partial charge in [-0.15, -0.1) is 3.89 Å². The second kappa shape index (κ2) is 3.95. The zero-order chi connectivity index (χ0) is 13.4. The number of allylic oxidation sites excluding steroid dienone is 2. The molecule has 0 heterocycles. The van der Waals surface area contributed by atoms with Gasteiger partial charge in [-0.2, -0.15) is 8.42 Å². The third kappa shape index (κ3) is 2.21. The lowest BCUT2D eigenvalue weighted by atomic mass is 9.79. The van der Waals surface area contributed by atoms with Crippen LogP contribution in [0.5, 0.6) is 0 Å². The summed E-state index contributed by atoms with van der Waals surface area (Å²) >= 11 is 0. The smallest absolute Gasteiger partial charge is 0.333 e. The summed E-state index contributed by atoms with van der Waals surface area (Å²) in [5, 5.41) is 15.4. The van der Waals surface area contributed by atoms with Crippen molar-refractivity contribution in [3.05, 3.63) is 23.8 Å². The van der Waals surface area contributed by atoms with E-state index in [-0.39, 0.29) is 0 Å². The Morgan fingerprint density at radius 2 is 1.94 bits per heavy atom. The van der Waals surface area contributed by atoms with Gasteiger partial charge in [-0.25, -0.2) is 4.79 Å². The lowest BCUT2D eigenvalue weighted by molar-refractivity contribution is -0.145. The summed E-state index contributed by atoms with van der Waals surface area (Å²) < 4.78 is 35.0. The second-order valence-electron chi connectivity index (χ2n) is 3.73. The van der Waals surface area contributed by atoms with Gasteiger partial charge in [0, 0.05) is 0 Å². The van der Waals surface area contributed by atoms with E-state index in [2.05, 4.69) is 0 Å². The molecule has 1 aliphatic carbocycles. The molecule has 0 amide bonds. The Balaban J connectivity index is 3.50. The van der Waals surface area contributed by atoms with Crippen molar-refractivity contribution >= 4 is 22.2 Å². The minimum atomic E-state index is -5.35. The van der Waals surface area contributed by atoms with Gasteiger partial charge in [0.15, 0.2) is 0 Å². The van der Waals surface area contributed by atoms with Crippen molar-refractivity contribution in [2.75, 3.05) is 0 Å². The van der Waals surface area contributed by atoms with Crippen molar-refractivity contribution in [2.24, 2.45) is 5.41 Å². The minimum Gasteiger partial charge on any atom is -0.481 e. The summed E-state index contributed by atoms with van der Waals surface area (Å²) in [6, 6.07) is 0. The third-order valence-electron chi connectivity index (χ3n) is 2.53. The lowest BCUT2D eigenvalue weighted by Crippen LogP contribution is -2.45. The maximum Gasteiger partial charge on any atom is 0.333 e. The predicted molar refractivity (Wildman–Crippen MR) is 54.4 cm³/mol. The van der Waals surface area contributed by atoms with Gasteiger partial charge in [-0.05, 0) is 6.92 Å². The highest BCUT2D eigenvalue weighted by molar-refractivity contribution is 7.87. The first-order chi connectivity index (χ1) is 7.60. The largest absolute Gasteiger partial charge is 0.481 e. The standard InChI is InChI=1S/C9H9FO6S/c1-9(8(13)14)4-2-3-5(7(11)12)6(9)17(10,15)16/h2-4,6H,1H3,(H,11,12)(H,13,14). The fourth-order valence-corrected chi connectivity index (χ4v) is 2.91. The van der Waals surface area contributed by atoms with Gasteiger partial charge in [-0.3, -0.25) is 4.79 Å². The summed E-state index contributed by atoms with van der Waals surface area (Å²) in [5.74, 6) is -3.29. The summed E-state index contributed by atoms with van der Waals surface area (Å²) in [7, 11) is -5.35. The van der Waals surface area contributed by atoms with Crippen LogP contribution in [0.3, 0.4) is 0 Å². The average Bonchev–Trinajstić information content (AvgIpc) is 2.14. The molecule has 0 saturated heterocycles.